The Bertz CT molecular complexity index is 1650. The maximum atomic E-state index is 14.4. The first kappa shape index (κ1) is 33.2. The van der Waals surface area contributed by atoms with Crippen molar-refractivity contribution in [2.75, 3.05) is 17.4 Å². The third-order valence-corrected chi connectivity index (χ3v) is 9.66. The first-order valence-electron chi connectivity index (χ1n) is 14.3. The molecule has 0 bridgehead atoms. The molecule has 0 radical (unpaired) electrons. The molecule has 7 nitrogen and oxygen atoms in total. The van der Waals surface area contributed by atoms with Gasteiger partial charge >= 0.3 is 0 Å². The highest BCUT2D eigenvalue weighted by molar-refractivity contribution is 9.10. The molecule has 4 rings (SSSR count). The van der Waals surface area contributed by atoms with Crippen LogP contribution in [0, 0.1) is 6.92 Å². The quantitative estimate of drug-likeness (QED) is 0.167. The van der Waals surface area contributed by atoms with E-state index >= 15 is 0 Å². The summed E-state index contributed by atoms with van der Waals surface area (Å²) in [5.41, 5.74) is 2.85. The standard InChI is InChI=1S/C34H35BrClN3O4S/c1-3-21-37-34(41)32(22-26-7-5-4-6-8-26)38(23-27-11-15-29(36)16-12-27)33(40)24-39(30-17-13-28(35)14-18-30)44(42,43)31-19-9-25(2)10-20-31/h4-20,32H,3,21-24H2,1-2H3,(H,37,41)/t32-/m0/s1. The minimum absolute atomic E-state index is 0.0598. The van der Waals surface area contributed by atoms with Gasteiger partial charge in [-0.1, -0.05) is 94.6 Å². The van der Waals surface area contributed by atoms with Gasteiger partial charge in [-0.3, -0.25) is 13.9 Å². The number of nitrogens with zero attached hydrogens (tertiary/aromatic N) is 2. The van der Waals surface area contributed by atoms with Crippen LogP contribution in [0.4, 0.5) is 5.69 Å². The molecule has 44 heavy (non-hydrogen) atoms. The molecule has 0 fully saturated rings. The Labute approximate surface area is 273 Å². The lowest BCUT2D eigenvalue weighted by Crippen LogP contribution is -2.53. The van der Waals surface area contributed by atoms with E-state index in [1.807, 2.05) is 44.2 Å². The molecule has 1 atom stereocenters. The molecule has 0 aliphatic rings. The second-order valence-electron chi connectivity index (χ2n) is 10.4. The van der Waals surface area contributed by atoms with Crippen molar-refractivity contribution in [3.05, 3.63) is 129 Å². The Kier molecular flexibility index (Phi) is 11.6. The minimum atomic E-state index is -4.16. The summed E-state index contributed by atoms with van der Waals surface area (Å²) in [6.07, 6.45) is 0.972. The number of nitrogens with one attached hydrogen (secondary N) is 1. The zero-order valence-electron chi connectivity index (χ0n) is 24.6. The Morgan fingerprint density at radius 2 is 1.50 bits per heavy atom. The number of aryl methyl sites for hydroxylation is 1. The van der Waals surface area contributed by atoms with Crippen molar-refractivity contribution in [1.82, 2.24) is 10.2 Å². The number of hydrogen-bond donors (Lipinski definition) is 1. The van der Waals surface area contributed by atoms with E-state index in [4.69, 9.17) is 11.6 Å². The molecule has 4 aromatic rings. The van der Waals surface area contributed by atoms with Crippen molar-refractivity contribution in [1.29, 1.82) is 0 Å². The summed E-state index contributed by atoms with van der Waals surface area (Å²) in [7, 11) is -4.16. The molecule has 0 aliphatic heterocycles. The number of rotatable bonds is 13. The van der Waals surface area contributed by atoms with Gasteiger partial charge in [-0.05, 0) is 73.0 Å². The molecular formula is C34H35BrClN3O4S. The van der Waals surface area contributed by atoms with Crippen LogP contribution in [0.3, 0.4) is 0 Å². The predicted molar refractivity (Wildman–Crippen MR) is 179 cm³/mol. The van der Waals surface area contributed by atoms with Gasteiger partial charge in [0.05, 0.1) is 10.6 Å². The van der Waals surface area contributed by atoms with Crippen LogP contribution in [0.2, 0.25) is 5.02 Å². The van der Waals surface area contributed by atoms with E-state index in [1.165, 1.54) is 17.0 Å². The van der Waals surface area contributed by atoms with Gasteiger partial charge in [-0.25, -0.2) is 8.42 Å². The summed E-state index contributed by atoms with van der Waals surface area (Å²) in [6, 6.07) is 28.8. The molecule has 4 aromatic carbocycles. The van der Waals surface area contributed by atoms with Crippen LogP contribution in [0.15, 0.2) is 112 Å². The van der Waals surface area contributed by atoms with Crippen molar-refractivity contribution >= 4 is 55.1 Å². The highest BCUT2D eigenvalue weighted by Crippen LogP contribution is 2.27. The maximum Gasteiger partial charge on any atom is 0.264 e. The fourth-order valence-corrected chi connectivity index (χ4v) is 6.48. The molecule has 1 N–H and O–H groups in total. The van der Waals surface area contributed by atoms with Crippen LogP contribution in [0.5, 0.6) is 0 Å². The van der Waals surface area contributed by atoms with Gasteiger partial charge in [0, 0.05) is 29.0 Å². The maximum absolute atomic E-state index is 14.4. The van der Waals surface area contributed by atoms with Crippen LogP contribution in [0.25, 0.3) is 0 Å². The molecule has 0 aromatic heterocycles. The highest BCUT2D eigenvalue weighted by atomic mass is 79.9. The summed E-state index contributed by atoms with van der Waals surface area (Å²) in [5.74, 6) is -0.833. The lowest BCUT2D eigenvalue weighted by molar-refractivity contribution is -0.140. The number of carbonyl (C=O) groups is 2. The second kappa shape index (κ2) is 15.4. The van der Waals surface area contributed by atoms with E-state index in [-0.39, 0.29) is 23.8 Å². The van der Waals surface area contributed by atoms with E-state index in [0.29, 0.717) is 17.3 Å². The zero-order chi connectivity index (χ0) is 31.7. The van der Waals surface area contributed by atoms with Crippen molar-refractivity contribution in [2.24, 2.45) is 0 Å². The van der Waals surface area contributed by atoms with Gasteiger partial charge < -0.3 is 10.2 Å². The lowest BCUT2D eigenvalue weighted by Gasteiger charge is -2.34. The van der Waals surface area contributed by atoms with Gasteiger partial charge in [0.25, 0.3) is 10.0 Å². The van der Waals surface area contributed by atoms with Crippen LogP contribution in [0.1, 0.15) is 30.0 Å². The fourth-order valence-electron chi connectivity index (χ4n) is 4.68. The monoisotopic (exact) mass is 695 g/mol. The Hall–Kier alpha value is -3.66. The third-order valence-electron chi connectivity index (χ3n) is 7.09. The summed E-state index contributed by atoms with van der Waals surface area (Å²) < 4.78 is 30.0. The molecular weight excluding hydrogens is 662 g/mol. The number of benzene rings is 4. The van der Waals surface area contributed by atoms with Crippen molar-refractivity contribution in [3.8, 4) is 0 Å². The van der Waals surface area contributed by atoms with Gasteiger partial charge in [0.1, 0.15) is 12.6 Å². The van der Waals surface area contributed by atoms with Gasteiger partial charge in [-0.2, -0.15) is 0 Å². The number of amides is 2. The smallest absolute Gasteiger partial charge is 0.264 e. The second-order valence-corrected chi connectivity index (χ2v) is 13.7. The van der Waals surface area contributed by atoms with Crippen LogP contribution in [-0.4, -0.2) is 44.3 Å². The summed E-state index contributed by atoms with van der Waals surface area (Å²) in [5, 5.41) is 3.49. The van der Waals surface area contributed by atoms with Gasteiger partial charge in [0.15, 0.2) is 0 Å². The molecule has 0 heterocycles. The number of carbonyl (C=O) groups excluding carboxylic acids is 2. The van der Waals surface area contributed by atoms with Crippen molar-refractivity contribution in [3.63, 3.8) is 0 Å². The first-order chi connectivity index (χ1) is 21.1. The largest absolute Gasteiger partial charge is 0.354 e. The van der Waals surface area contributed by atoms with Crippen molar-refractivity contribution in [2.45, 2.75) is 44.2 Å². The van der Waals surface area contributed by atoms with Crippen LogP contribution in [-0.2, 0) is 32.6 Å². The number of hydrogen-bond acceptors (Lipinski definition) is 4. The Morgan fingerprint density at radius 1 is 0.864 bits per heavy atom. The number of sulfonamides is 1. The van der Waals surface area contributed by atoms with E-state index in [2.05, 4.69) is 21.2 Å². The fraction of sp³-hybridized carbons (Fsp3) is 0.235. The highest BCUT2D eigenvalue weighted by Gasteiger charge is 2.34. The zero-order valence-corrected chi connectivity index (χ0v) is 27.8. The normalized spacial score (nSPS) is 11.9. The summed E-state index contributed by atoms with van der Waals surface area (Å²) in [6.45, 7) is 3.83. The number of halogens is 2. The van der Waals surface area contributed by atoms with Crippen LogP contribution >= 0.6 is 27.5 Å². The van der Waals surface area contributed by atoms with E-state index in [0.717, 1.165) is 31.9 Å². The molecule has 0 aliphatic carbocycles. The molecule has 0 spiro atoms. The van der Waals surface area contributed by atoms with Crippen molar-refractivity contribution < 1.29 is 18.0 Å². The van der Waals surface area contributed by atoms with Gasteiger partial charge in [-0.15, -0.1) is 0 Å². The molecule has 230 valence electrons. The SMILES string of the molecule is CCCNC(=O)[C@H](Cc1ccccc1)N(Cc1ccc(Cl)cc1)C(=O)CN(c1ccc(Br)cc1)S(=O)(=O)c1ccc(C)cc1. The molecule has 0 saturated carbocycles. The van der Waals surface area contributed by atoms with E-state index in [9.17, 15) is 18.0 Å². The topological polar surface area (TPSA) is 86.8 Å². The van der Waals surface area contributed by atoms with E-state index < -0.39 is 28.5 Å². The summed E-state index contributed by atoms with van der Waals surface area (Å²) in [4.78, 5) is 29.6. The lowest BCUT2D eigenvalue weighted by atomic mass is 10.0. The molecule has 10 heteroatoms. The molecule has 0 saturated heterocycles. The minimum Gasteiger partial charge on any atom is -0.354 e. The molecule has 0 unspecified atom stereocenters. The number of anilines is 1. The average Bonchev–Trinajstić information content (AvgIpc) is 3.02. The Morgan fingerprint density at radius 3 is 2.11 bits per heavy atom. The predicted octanol–water partition coefficient (Wildman–Crippen LogP) is 6.77. The average molecular weight is 697 g/mol. The third kappa shape index (κ3) is 8.71. The van der Waals surface area contributed by atoms with E-state index in [1.54, 1.807) is 60.7 Å². The summed E-state index contributed by atoms with van der Waals surface area (Å²) >= 11 is 9.54. The molecule has 2 amide bonds. The van der Waals surface area contributed by atoms with Crippen LogP contribution < -0.4 is 9.62 Å². The Balaban J connectivity index is 1.78. The first-order valence-corrected chi connectivity index (χ1v) is 16.9. The van der Waals surface area contributed by atoms with Gasteiger partial charge in [0.2, 0.25) is 11.8 Å².